The Bertz CT molecular complexity index is 486. The van der Waals surface area contributed by atoms with E-state index in [0.717, 1.165) is 11.1 Å². The van der Waals surface area contributed by atoms with E-state index in [9.17, 15) is 10.2 Å². The largest absolute Gasteiger partial charge is 0.508 e. The lowest BCUT2D eigenvalue weighted by Gasteiger charge is -2.10. The fourth-order valence-electron chi connectivity index (χ4n) is 1.65. The Morgan fingerprint density at radius 3 is 2.31 bits per heavy atom. The van der Waals surface area contributed by atoms with Crippen LogP contribution >= 0.6 is 11.6 Å². The Hall–Kier alpha value is -1.67. The summed E-state index contributed by atoms with van der Waals surface area (Å²) >= 11 is 5.84. The molecule has 82 valence electrons. The van der Waals surface area contributed by atoms with Crippen LogP contribution in [-0.2, 0) is 0 Å². The SMILES string of the molecule is Cc1c(O)cccc1-c1cccc(Cl)c1O. The fraction of sp³-hybridized carbons (Fsp3) is 0.0769. The summed E-state index contributed by atoms with van der Waals surface area (Å²) in [5.41, 5.74) is 2.13. The molecule has 0 bridgehead atoms. The van der Waals surface area contributed by atoms with Crippen molar-refractivity contribution < 1.29 is 10.2 Å². The van der Waals surface area contributed by atoms with Gasteiger partial charge in [-0.1, -0.05) is 35.9 Å². The molecule has 0 aliphatic rings. The summed E-state index contributed by atoms with van der Waals surface area (Å²) in [6.45, 7) is 1.80. The normalized spacial score (nSPS) is 10.4. The van der Waals surface area contributed by atoms with Gasteiger partial charge in [0.25, 0.3) is 0 Å². The molecule has 0 aliphatic carbocycles. The van der Waals surface area contributed by atoms with Crippen LogP contribution in [0.15, 0.2) is 36.4 Å². The molecule has 0 atom stereocenters. The molecule has 3 heteroatoms. The number of rotatable bonds is 1. The van der Waals surface area contributed by atoms with Gasteiger partial charge < -0.3 is 10.2 Å². The Morgan fingerprint density at radius 1 is 0.938 bits per heavy atom. The van der Waals surface area contributed by atoms with Crippen LogP contribution in [0.25, 0.3) is 11.1 Å². The predicted octanol–water partition coefficient (Wildman–Crippen LogP) is 3.73. The number of aromatic hydroxyl groups is 2. The Morgan fingerprint density at radius 2 is 1.56 bits per heavy atom. The van der Waals surface area contributed by atoms with Crippen LogP contribution < -0.4 is 0 Å². The van der Waals surface area contributed by atoms with Gasteiger partial charge in [-0.15, -0.1) is 0 Å². The van der Waals surface area contributed by atoms with E-state index in [2.05, 4.69) is 0 Å². The number of halogens is 1. The molecule has 0 saturated carbocycles. The number of phenols is 2. The molecule has 0 unspecified atom stereocenters. The van der Waals surface area contributed by atoms with E-state index in [0.29, 0.717) is 10.6 Å². The van der Waals surface area contributed by atoms with Crippen molar-refractivity contribution >= 4 is 11.6 Å². The summed E-state index contributed by atoms with van der Waals surface area (Å²) in [6.07, 6.45) is 0. The highest BCUT2D eigenvalue weighted by Gasteiger charge is 2.11. The summed E-state index contributed by atoms with van der Waals surface area (Å²) in [5.74, 6) is 0.245. The lowest BCUT2D eigenvalue weighted by atomic mass is 9.99. The van der Waals surface area contributed by atoms with Gasteiger partial charge in [-0.05, 0) is 30.2 Å². The zero-order valence-corrected chi connectivity index (χ0v) is 9.49. The number of benzene rings is 2. The van der Waals surface area contributed by atoms with Gasteiger partial charge >= 0.3 is 0 Å². The second-order valence-corrected chi connectivity index (χ2v) is 3.99. The van der Waals surface area contributed by atoms with Crippen LogP contribution in [0.5, 0.6) is 11.5 Å². The van der Waals surface area contributed by atoms with Crippen molar-refractivity contribution in [1.29, 1.82) is 0 Å². The molecule has 0 heterocycles. The van der Waals surface area contributed by atoms with Crippen molar-refractivity contribution in [1.82, 2.24) is 0 Å². The lowest BCUT2D eigenvalue weighted by Crippen LogP contribution is -1.85. The number of para-hydroxylation sites is 1. The molecule has 0 aromatic heterocycles. The van der Waals surface area contributed by atoms with Crippen molar-refractivity contribution in [3.63, 3.8) is 0 Å². The highest BCUT2D eigenvalue weighted by molar-refractivity contribution is 6.32. The minimum Gasteiger partial charge on any atom is -0.508 e. The van der Waals surface area contributed by atoms with Crippen LogP contribution in [0.3, 0.4) is 0 Å². The van der Waals surface area contributed by atoms with Gasteiger partial charge in [0.05, 0.1) is 5.02 Å². The van der Waals surface area contributed by atoms with Gasteiger partial charge in [0, 0.05) is 5.56 Å². The summed E-state index contributed by atoms with van der Waals surface area (Å²) in [4.78, 5) is 0. The van der Waals surface area contributed by atoms with Crippen LogP contribution in [0.2, 0.25) is 5.02 Å². The molecule has 0 aliphatic heterocycles. The highest BCUT2D eigenvalue weighted by atomic mass is 35.5. The van der Waals surface area contributed by atoms with E-state index < -0.39 is 0 Å². The fourth-order valence-corrected chi connectivity index (χ4v) is 1.82. The third kappa shape index (κ3) is 1.72. The number of phenolic OH excluding ortho intramolecular Hbond substituents is 2. The van der Waals surface area contributed by atoms with Gasteiger partial charge in [-0.3, -0.25) is 0 Å². The maximum absolute atomic E-state index is 9.85. The second kappa shape index (κ2) is 4.06. The van der Waals surface area contributed by atoms with Crippen LogP contribution in [0, 0.1) is 6.92 Å². The molecule has 16 heavy (non-hydrogen) atoms. The first-order valence-electron chi connectivity index (χ1n) is 4.87. The van der Waals surface area contributed by atoms with Crippen molar-refractivity contribution in [3.8, 4) is 22.6 Å². The second-order valence-electron chi connectivity index (χ2n) is 3.59. The third-order valence-corrected chi connectivity index (χ3v) is 2.89. The maximum atomic E-state index is 9.85. The van der Waals surface area contributed by atoms with E-state index in [1.54, 1.807) is 37.3 Å². The number of hydrogen-bond donors (Lipinski definition) is 2. The monoisotopic (exact) mass is 234 g/mol. The Labute approximate surface area is 98.7 Å². The summed E-state index contributed by atoms with van der Waals surface area (Å²) < 4.78 is 0. The Kier molecular flexibility index (Phi) is 2.75. The minimum absolute atomic E-state index is 0.0397. The molecule has 2 aromatic rings. The molecule has 2 N–H and O–H groups in total. The zero-order chi connectivity index (χ0) is 11.7. The molecule has 0 radical (unpaired) electrons. The molecular weight excluding hydrogens is 224 g/mol. The van der Waals surface area contributed by atoms with Crippen molar-refractivity contribution in [2.45, 2.75) is 6.92 Å². The highest BCUT2D eigenvalue weighted by Crippen LogP contribution is 2.38. The molecule has 0 amide bonds. The summed E-state index contributed by atoms with van der Waals surface area (Å²) in [7, 11) is 0. The number of hydrogen-bond acceptors (Lipinski definition) is 2. The molecule has 2 nitrogen and oxygen atoms in total. The molecule has 0 saturated heterocycles. The molecule has 0 spiro atoms. The molecular formula is C13H11ClO2. The van der Waals surface area contributed by atoms with E-state index in [4.69, 9.17) is 11.6 Å². The molecule has 2 rings (SSSR count). The first-order valence-corrected chi connectivity index (χ1v) is 5.25. The van der Waals surface area contributed by atoms with Gasteiger partial charge in [-0.2, -0.15) is 0 Å². The van der Waals surface area contributed by atoms with Crippen molar-refractivity contribution in [3.05, 3.63) is 47.0 Å². The maximum Gasteiger partial charge on any atom is 0.141 e. The van der Waals surface area contributed by atoms with Gasteiger partial charge in [0.2, 0.25) is 0 Å². The minimum atomic E-state index is 0.0397. The summed E-state index contributed by atoms with van der Waals surface area (Å²) in [6, 6.07) is 10.3. The average molecular weight is 235 g/mol. The van der Waals surface area contributed by atoms with Crippen molar-refractivity contribution in [2.75, 3.05) is 0 Å². The topological polar surface area (TPSA) is 40.5 Å². The van der Waals surface area contributed by atoms with E-state index in [-0.39, 0.29) is 11.5 Å². The quantitative estimate of drug-likeness (QED) is 0.789. The van der Waals surface area contributed by atoms with Crippen LogP contribution in [-0.4, -0.2) is 10.2 Å². The van der Waals surface area contributed by atoms with E-state index in [1.165, 1.54) is 0 Å². The summed E-state index contributed by atoms with van der Waals surface area (Å²) in [5, 5.41) is 19.8. The van der Waals surface area contributed by atoms with Gasteiger partial charge in [0.1, 0.15) is 11.5 Å². The smallest absolute Gasteiger partial charge is 0.141 e. The standard InChI is InChI=1S/C13H11ClO2/c1-8-9(4-3-7-12(8)15)10-5-2-6-11(14)13(10)16/h2-7,15-16H,1H3. The first-order chi connectivity index (χ1) is 7.61. The van der Waals surface area contributed by atoms with Gasteiger partial charge in [0.15, 0.2) is 0 Å². The van der Waals surface area contributed by atoms with Crippen molar-refractivity contribution in [2.24, 2.45) is 0 Å². The zero-order valence-electron chi connectivity index (χ0n) is 8.74. The van der Waals surface area contributed by atoms with Gasteiger partial charge in [-0.25, -0.2) is 0 Å². The molecule has 2 aromatic carbocycles. The Balaban J connectivity index is 2.68. The predicted molar refractivity (Wildman–Crippen MR) is 65.0 cm³/mol. The third-order valence-electron chi connectivity index (χ3n) is 2.58. The van der Waals surface area contributed by atoms with E-state index in [1.807, 2.05) is 6.07 Å². The van der Waals surface area contributed by atoms with Crippen LogP contribution in [0.1, 0.15) is 5.56 Å². The van der Waals surface area contributed by atoms with E-state index >= 15 is 0 Å². The lowest BCUT2D eigenvalue weighted by molar-refractivity contribution is 0.470. The van der Waals surface area contributed by atoms with Crippen LogP contribution in [0.4, 0.5) is 0 Å². The average Bonchev–Trinajstić information content (AvgIpc) is 2.27. The first kappa shape index (κ1) is 10.8. The molecule has 0 fully saturated rings.